The molecule has 54 valence electrons. The minimum Gasteiger partial charge on any atom is -0.347 e. The highest BCUT2D eigenvalue weighted by Gasteiger charge is 1.87. The van der Waals surface area contributed by atoms with Crippen LogP contribution in [0.15, 0.2) is 0 Å². The van der Waals surface area contributed by atoms with Crippen LogP contribution in [0, 0.1) is 0 Å². The zero-order valence-corrected chi connectivity index (χ0v) is 6.75. The molecule has 0 unspecified atom stereocenters. The maximum absolute atomic E-state index is 10.3. The molecule has 0 fully saturated rings. The largest absolute Gasteiger partial charge is 0.347 e. The minimum absolute atomic E-state index is 0.0543. The van der Waals surface area contributed by atoms with E-state index < -0.39 is 0 Å². The van der Waals surface area contributed by atoms with Gasteiger partial charge in [0.1, 0.15) is 0 Å². The number of carbonyl (C=O) groups is 1. The maximum atomic E-state index is 10.3. The van der Waals surface area contributed by atoms with Gasteiger partial charge in [0.25, 0.3) is 0 Å². The van der Waals surface area contributed by atoms with Gasteiger partial charge in [-0.1, -0.05) is 6.92 Å². The van der Waals surface area contributed by atoms with Crippen LogP contribution in [-0.2, 0) is 4.79 Å². The summed E-state index contributed by atoms with van der Waals surface area (Å²) in [6.07, 6.45) is 1.17. The van der Waals surface area contributed by atoms with E-state index in [4.69, 9.17) is 0 Å². The van der Waals surface area contributed by atoms with Crippen molar-refractivity contribution in [3.8, 4) is 0 Å². The topological polar surface area (TPSA) is 29.1 Å². The first-order valence-electron chi connectivity index (χ1n) is 3.09. The van der Waals surface area contributed by atoms with Crippen molar-refractivity contribution in [1.29, 1.82) is 0 Å². The van der Waals surface area contributed by atoms with Gasteiger partial charge in [-0.15, -0.1) is 11.8 Å². The molecule has 0 rings (SSSR count). The van der Waals surface area contributed by atoms with Crippen LogP contribution in [0.1, 0.15) is 20.3 Å². The number of thioether (sulfide) groups is 1. The second-order valence-corrected chi connectivity index (χ2v) is 2.89. The highest BCUT2D eigenvalue weighted by atomic mass is 32.2. The lowest BCUT2D eigenvalue weighted by Crippen LogP contribution is -2.18. The number of hydrogen-bond acceptors (Lipinski definition) is 2. The van der Waals surface area contributed by atoms with Gasteiger partial charge in [-0.2, -0.15) is 0 Å². The highest BCUT2D eigenvalue weighted by Crippen LogP contribution is 1.97. The fraction of sp³-hybridized carbons (Fsp3) is 0.833. The smallest absolute Gasteiger partial charge is 0.217 e. The molecule has 0 aliphatic heterocycles. The van der Waals surface area contributed by atoms with Gasteiger partial charge >= 0.3 is 0 Å². The predicted octanol–water partition coefficient (Wildman–Crippen LogP) is 1.22. The lowest BCUT2D eigenvalue weighted by atomic mass is 10.6. The summed E-state index contributed by atoms with van der Waals surface area (Å²) in [5.74, 6) is 1.93. The van der Waals surface area contributed by atoms with Crippen molar-refractivity contribution in [2.75, 3.05) is 11.6 Å². The van der Waals surface area contributed by atoms with Crippen LogP contribution >= 0.6 is 11.8 Å². The molecule has 0 saturated heterocycles. The van der Waals surface area contributed by atoms with Crippen LogP contribution in [0.25, 0.3) is 0 Å². The number of amides is 1. The second kappa shape index (κ2) is 5.95. The molecule has 1 amide bonds. The molecule has 0 aromatic rings. The number of nitrogens with one attached hydrogen (secondary N) is 1. The summed E-state index contributed by atoms with van der Waals surface area (Å²) in [5.41, 5.74) is 0. The summed E-state index contributed by atoms with van der Waals surface area (Å²) in [6.45, 7) is 3.66. The second-order valence-electron chi connectivity index (χ2n) is 1.79. The van der Waals surface area contributed by atoms with E-state index in [0.29, 0.717) is 0 Å². The molecule has 0 aromatic heterocycles. The first-order valence-corrected chi connectivity index (χ1v) is 4.25. The van der Waals surface area contributed by atoms with Crippen LogP contribution in [-0.4, -0.2) is 17.5 Å². The van der Waals surface area contributed by atoms with E-state index in [1.807, 2.05) is 0 Å². The Morgan fingerprint density at radius 1 is 1.67 bits per heavy atom. The van der Waals surface area contributed by atoms with Crippen molar-refractivity contribution in [2.45, 2.75) is 20.3 Å². The van der Waals surface area contributed by atoms with Crippen LogP contribution in [0.3, 0.4) is 0 Å². The monoisotopic (exact) mass is 147 g/mol. The van der Waals surface area contributed by atoms with Crippen molar-refractivity contribution in [3.05, 3.63) is 0 Å². The van der Waals surface area contributed by atoms with Gasteiger partial charge in [-0.3, -0.25) is 4.79 Å². The summed E-state index contributed by atoms with van der Waals surface area (Å²) in [4.78, 5) is 10.3. The summed E-state index contributed by atoms with van der Waals surface area (Å²) in [6, 6.07) is 0. The predicted molar refractivity (Wildman–Crippen MR) is 41.4 cm³/mol. The quantitative estimate of drug-likeness (QED) is 0.478. The maximum Gasteiger partial charge on any atom is 0.217 e. The molecule has 9 heavy (non-hydrogen) atoms. The Morgan fingerprint density at radius 3 is 2.78 bits per heavy atom. The third-order valence-corrected chi connectivity index (χ3v) is 1.82. The fourth-order valence-electron chi connectivity index (χ4n) is 0.369. The first kappa shape index (κ1) is 8.82. The van der Waals surface area contributed by atoms with E-state index in [0.717, 1.165) is 11.6 Å². The Morgan fingerprint density at radius 2 is 2.33 bits per heavy atom. The third-order valence-electron chi connectivity index (χ3n) is 0.772. The minimum atomic E-state index is 0.0543. The Bertz CT molecular complexity index is 85.1. The first-order chi connectivity index (χ1) is 4.27. The summed E-state index contributed by atoms with van der Waals surface area (Å²) < 4.78 is 0. The van der Waals surface area contributed by atoms with Crippen LogP contribution in [0.2, 0.25) is 0 Å². The molecule has 0 saturated carbocycles. The molecular formula is C6H13NOS. The zero-order valence-electron chi connectivity index (χ0n) is 5.94. The molecule has 0 heterocycles. The molecule has 0 aliphatic rings. The SMILES string of the molecule is CCCSCNC(C)=O. The summed E-state index contributed by atoms with van der Waals surface area (Å²) >= 11 is 1.75. The standard InChI is InChI=1S/C6H13NOS/c1-3-4-9-5-7-6(2)8/h3-5H2,1-2H3,(H,7,8). The van der Waals surface area contributed by atoms with E-state index >= 15 is 0 Å². The molecular weight excluding hydrogens is 134 g/mol. The summed E-state index contributed by atoms with van der Waals surface area (Å²) in [7, 11) is 0. The summed E-state index contributed by atoms with van der Waals surface area (Å²) in [5, 5.41) is 2.70. The molecule has 0 aliphatic carbocycles. The number of carbonyl (C=O) groups excluding carboxylic acids is 1. The van der Waals surface area contributed by atoms with Crippen molar-refractivity contribution in [2.24, 2.45) is 0 Å². The Hall–Kier alpha value is -0.180. The van der Waals surface area contributed by atoms with Crippen LogP contribution in [0.4, 0.5) is 0 Å². The van der Waals surface area contributed by atoms with Crippen molar-refractivity contribution in [3.63, 3.8) is 0 Å². The highest BCUT2D eigenvalue weighted by molar-refractivity contribution is 7.99. The fourth-order valence-corrected chi connectivity index (χ4v) is 1.11. The van der Waals surface area contributed by atoms with Gasteiger partial charge < -0.3 is 5.32 Å². The molecule has 2 nitrogen and oxygen atoms in total. The van der Waals surface area contributed by atoms with E-state index in [2.05, 4.69) is 12.2 Å². The van der Waals surface area contributed by atoms with Crippen molar-refractivity contribution in [1.82, 2.24) is 5.32 Å². The Kier molecular flexibility index (Phi) is 5.83. The molecule has 0 atom stereocenters. The van der Waals surface area contributed by atoms with E-state index in [1.54, 1.807) is 11.8 Å². The van der Waals surface area contributed by atoms with E-state index in [1.165, 1.54) is 13.3 Å². The normalized spacial score (nSPS) is 9.11. The number of hydrogen-bond donors (Lipinski definition) is 1. The lowest BCUT2D eigenvalue weighted by molar-refractivity contribution is -0.118. The Labute approximate surface area is 60.4 Å². The van der Waals surface area contributed by atoms with Gasteiger partial charge in [-0.25, -0.2) is 0 Å². The van der Waals surface area contributed by atoms with Gasteiger partial charge in [0, 0.05) is 6.92 Å². The molecule has 0 radical (unpaired) electrons. The lowest BCUT2D eigenvalue weighted by Gasteiger charge is -1.98. The van der Waals surface area contributed by atoms with Gasteiger partial charge in [0.15, 0.2) is 0 Å². The molecule has 0 bridgehead atoms. The van der Waals surface area contributed by atoms with Gasteiger partial charge in [0.05, 0.1) is 5.88 Å². The molecule has 0 aromatic carbocycles. The Balaban J connectivity index is 2.83. The van der Waals surface area contributed by atoms with Crippen LogP contribution < -0.4 is 5.32 Å². The van der Waals surface area contributed by atoms with E-state index in [-0.39, 0.29) is 5.91 Å². The molecule has 1 N–H and O–H groups in total. The van der Waals surface area contributed by atoms with Crippen molar-refractivity contribution < 1.29 is 4.79 Å². The molecule has 0 spiro atoms. The van der Waals surface area contributed by atoms with Crippen molar-refractivity contribution >= 4 is 17.7 Å². The van der Waals surface area contributed by atoms with E-state index in [9.17, 15) is 4.79 Å². The van der Waals surface area contributed by atoms with Gasteiger partial charge in [0.2, 0.25) is 5.91 Å². The zero-order chi connectivity index (χ0) is 7.11. The molecule has 3 heteroatoms. The number of rotatable bonds is 4. The third kappa shape index (κ3) is 7.82. The van der Waals surface area contributed by atoms with Crippen LogP contribution in [0.5, 0.6) is 0 Å². The van der Waals surface area contributed by atoms with Gasteiger partial charge in [-0.05, 0) is 12.2 Å². The average molecular weight is 147 g/mol. The average Bonchev–Trinajstić information content (AvgIpc) is 1.80.